The van der Waals surface area contributed by atoms with E-state index in [1.165, 1.54) is 0 Å². The Kier molecular flexibility index (Phi) is 3.92. The molecule has 0 amide bonds. The number of hydrogen-bond donors (Lipinski definition) is 2. The predicted molar refractivity (Wildman–Crippen MR) is 73.3 cm³/mol. The Hall–Kier alpha value is -1.07. The van der Waals surface area contributed by atoms with E-state index >= 15 is 0 Å². The van der Waals surface area contributed by atoms with Gasteiger partial charge in [-0.15, -0.1) is 0 Å². The second-order valence-electron chi connectivity index (χ2n) is 4.81. The monoisotopic (exact) mass is 268 g/mol. The van der Waals surface area contributed by atoms with Crippen LogP contribution in [-0.2, 0) is 16.4 Å². The van der Waals surface area contributed by atoms with Crippen molar-refractivity contribution in [2.24, 2.45) is 0 Å². The van der Waals surface area contributed by atoms with E-state index in [-0.39, 0.29) is 6.04 Å². The molecule has 0 fully saturated rings. The molecule has 0 spiro atoms. The molecule has 1 aromatic rings. The van der Waals surface area contributed by atoms with Crippen molar-refractivity contribution in [3.63, 3.8) is 0 Å². The summed E-state index contributed by atoms with van der Waals surface area (Å²) in [6.07, 6.45) is 2.72. The number of hydrogen-bond acceptors (Lipinski definition) is 3. The van der Waals surface area contributed by atoms with Crippen LogP contribution in [0.2, 0.25) is 0 Å². The van der Waals surface area contributed by atoms with Crippen LogP contribution >= 0.6 is 0 Å². The number of fused-ring (bicyclic) bond motifs is 1. The van der Waals surface area contributed by atoms with Gasteiger partial charge in [0.15, 0.2) is 0 Å². The number of nitrogens with one attached hydrogen (secondary N) is 2. The zero-order valence-electron chi connectivity index (χ0n) is 10.9. The maximum absolute atomic E-state index is 12.2. The second-order valence-corrected chi connectivity index (χ2v) is 6.52. The van der Waals surface area contributed by atoms with Gasteiger partial charge >= 0.3 is 0 Å². The van der Waals surface area contributed by atoms with E-state index in [9.17, 15) is 8.42 Å². The quantitative estimate of drug-likeness (QED) is 0.860. The van der Waals surface area contributed by atoms with E-state index in [0.29, 0.717) is 4.90 Å². The van der Waals surface area contributed by atoms with Gasteiger partial charge in [-0.1, -0.05) is 13.3 Å². The maximum atomic E-state index is 12.2. The lowest BCUT2D eigenvalue weighted by atomic mass is 10.2. The maximum Gasteiger partial charge on any atom is 0.240 e. The van der Waals surface area contributed by atoms with Crippen LogP contribution in [0, 0.1) is 0 Å². The molecule has 0 unspecified atom stereocenters. The molecule has 1 aliphatic heterocycles. The number of sulfonamides is 1. The molecule has 5 heteroatoms. The SMILES string of the molecule is CCC[C@@H](C)NS(=O)(=O)c1ccc2c(c1)CCN2. The number of rotatable bonds is 5. The summed E-state index contributed by atoms with van der Waals surface area (Å²) in [4.78, 5) is 0.368. The van der Waals surface area contributed by atoms with Crippen molar-refractivity contribution in [3.05, 3.63) is 23.8 Å². The van der Waals surface area contributed by atoms with Crippen molar-refractivity contribution in [2.45, 2.75) is 44.0 Å². The molecule has 18 heavy (non-hydrogen) atoms. The molecule has 4 nitrogen and oxygen atoms in total. The summed E-state index contributed by atoms with van der Waals surface area (Å²) < 4.78 is 27.1. The Balaban J connectivity index is 2.19. The Bertz CT molecular complexity index is 526. The second kappa shape index (κ2) is 5.28. The van der Waals surface area contributed by atoms with Gasteiger partial charge in [-0.2, -0.15) is 0 Å². The largest absolute Gasteiger partial charge is 0.384 e. The highest BCUT2D eigenvalue weighted by Crippen LogP contribution is 2.25. The first-order chi connectivity index (χ1) is 8.53. The van der Waals surface area contributed by atoms with Gasteiger partial charge < -0.3 is 5.32 Å². The van der Waals surface area contributed by atoms with Crippen LogP contribution in [0.15, 0.2) is 23.1 Å². The predicted octanol–water partition coefficient (Wildman–Crippen LogP) is 2.12. The Morgan fingerprint density at radius 1 is 1.44 bits per heavy atom. The molecule has 0 saturated heterocycles. The fourth-order valence-corrected chi connectivity index (χ4v) is 3.60. The normalized spacial score (nSPS) is 16.1. The van der Waals surface area contributed by atoms with Gasteiger partial charge in [-0.05, 0) is 43.5 Å². The summed E-state index contributed by atoms with van der Waals surface area (Å²) in [7, 11) is -3.38. The molecular formula is C13H20N2O2S. The summed E-state index contributed by atoms with van der Waals surface area (Å²) in [6.45, 7) is 4.83. The van der Waals surface area contributed by atoms with Crippen LogP contribution in [0.25, 0.3) is 0 Å². The first-order valence-corrected chi connectivity index (χ1v) is 7.90. The average Bonchev–Trinajstić information content (AvgIpc) is 2.75. The van der Waals surface area contributed by atoms with Crippen LogP contribution < -0.4 is 10.0 Å². The van der Waals surface area contributed by atoms with E-state index < -0.39 is 10.0 Å². The number of benzene rings is 1. The fraction of sp³-hybridized carbons (Fsp3) is 0.538. The van der Waals surface area contributed by atoms with Crippen LogP contribution in [0.5, 0.6) is 0 Å². The molecular weight excluding hydrogens is 248 g/mol. The third-order valence-electron chi connectivity index (χ3n) is 3.17. The van der Waals surface area contributed by atoms with Crippen molar-refractivity contribution < 1.29 is 8.42 Å². The van der Waals surface area contributed by atoms with Gasteiger partial charge in [-0.25, -0.2) is 13.1 Å². The summed E-state index contributed by atoms with van der Waals surface area (Å²) in [6, 6.07) is 5.27. The third kappa shape index (κ3) is 2.84. The molecule has 1 aromatic carbocycles. The Morgan fingerprint density at radius 2 is 2.22 bits per heavy atom. The highest BCUT2D eigenvalue weighted by Gasteiger charge is 2.19. The van der Waals surface area contributed by atoms with Gasteiger partial charge in [0, 0.05) is 18.3 Å². The third-order valence-corrected chi connectivity index (χ3v) is 4.76. The van der Waals surface area contributed by atoms with Gasteiger partial charge in [0.05, 0.1) is 4.90 Å². The lowest BCUT2D eigenvalue weighted by Gasteiger charge is -2.13. The molecule has 1 heterocycles. The molecule has 0 aliphatic carbocycles. The van der Waals surface area contributed by atoms with Crippen molar-refractivity contribution >= 4 is 15.7 Å². The summed E-state index contributed by atoms with van der Waals surface area (Å²) in [5.41, 5.74) is 2.14. The minimum absolute atomic E-state index is 0.0219. The molecule has 1 aliphatic rings. The summed E-state index contributed by atoms with van der Waals surface area (Å²) in [5.74, 6) is 0. The highest BCUT2D eigenvalue weighted by molar-refractivity contribution is 7.89. The minimum Gasteiger partial charge on any atom is -0.384 e. The van der Waals surface area contributed by atoms with E-state index in [0.717, 1.165) is 37.1 Å². The number of anilines is 1. The average molecular weight is 268 g/mol. The van der Waals surface area contributed by atoms with E-state index in [4.69, 9.17) is 0 Å². The molecule has 0 radical (unpaired) electrons. The van der Waals surface area contributed by atoms with Gasteiger partial charge in [0.1, 0.15) is 0 Å². The highest BCUT2D eigenvalue weighted by atomic mass is 32.2. The first kappa shape index (κ1) is 13.4. The van der Waals surface area contributed by atoms with Crippen molar-refractivity contribution in [2.75, 3.05) is 11.9 Å². The summed E-state index contributed by atoms with van der Waals surface area (Å²) >= 11 is 0. The zero-order chi connectivity index (χ0) is 13.2. The topological polar surface area (TPSA) is 58.2 Å². The molecule has 2 N–H and O–H groups in total. The molecule has 100 valence electrons. The van der Waals surface area contributed by atoms with Crippen molar-refractivity contribution in [1.29, 1.82) is 0 Å². The lowest BCUT2D eigenvalue weighted by molar-refractivity contribution is 0.544. The van der Waals surface area contributed by atoms with E-state index in [1.54, 1.807) is 12.1 Å². The van der Waals surface area contributed by atoms with Gasteiger partial charge in [0.25, 0.3) is 0 Å². The van der Waals surface area contributed by atoms with Gasteiger partial charge in [0.2, 0.25) is 10.0 Å². The summed E-state index contributed by atoms with van der Waals surface area (Å²) in [5, 5.41) is 3.22. The van der Waals surface area contributed by atoms with E-state index in [1.807, 2.05) is 19.9 Å². The standard InChI is InChI=1S/C13H20N2O2S/c1-3-4-10(2)15-18(16,17)12-5-6-13-11(9-12)7-8-14-13/h5-6,9-10,14-15H,3-4,7-8H2,1-2H3/t10-/m1/s1. The van der Waals surface area contributed by atoms with Crippen molar-refractivity contribution in [3.8, 4) is 0 Å². The zero-order valence-corrected chi connectivity index (χ0v) is 11.7. The first-order valence-electron chi connectivity index (χ1n) is 6.42. The molecule has 1 atom stereocenters. The van der Waals surface area contributed by atoms with Gasteiger partial charge in [-0.3, -0.25) is 0 Å². The molecule has 2 rings (SSSR count). The fourth-order valence-electron chi connectivity index (χ4n) is 2.27. The van der Waals surface area contributed by atoms with Crippen LogP contribution in [0.1, 0.15) is 32.3 Å². The lowest BCUT2D eigenvalue weighted by Crippen LogP contribution is -2.32. The Labute approximate surface area is 109 Å². The van der Waals surface area contributed by atoms with E-state index in [2.05, 4.69) is 10.0 Å². The van der Waals surface area contributed by atoms with Crippen LogP contribution in [0.3, 0.4) is 0 Å². The smallest absolute Gasteiger partial charge is 0.240 e. The molecule has 0 aromatic heterocycles. The molecule has 0 bridgehead atoms. The van der Waals surface area contributed by atoms with Crippen LogP contribution in [0.4, 0.5) is 5.69 Å². The van der Waals surface area contributed by atoms with Crippen LogP contribution in [-0.4, -0.2) is 21.0 Å². The van der Waals surface area contributed by atoms with Crippen molar-refractivity contribution in [1.82, 2.24) is 4.72 Å². The Morgan fingerprint density at radius 3 is 2.94 bits per heavy atom. The minimum atomic E-state index is -3.38. The molecule has 0 saturated carbocycles.